The highest BCUT2D eigenvalue weighted by molar-refractivity contribution is 6.09. The van der Waals surface area contributed by atoms with Crippen molar-refractivity contribution >= 4 is 17.5 Å². The molecular weight excluding hydrogens is 440 g/mol. The van der Waals surface area contributed by atoms with Gasteiger partial charge in [-0.25, -0.2) is 0 Å². The van der Waals surface area contributed by atoms with Crippen LogP contribution in [0.2, 0.25) is 0 Å². The van der Waals surface area contributed by atoms with E-state index >= 15 is 0 Å². The van der Waals surface area contributed by atoms with Gasteiger partial charge in [0.25, 0.3) is 11.8 Å². The normalized spacial score (nSPS) is 10.3. The Morgan fingerprint density at radius 2 is 1.26 bits per heavy atom. The fraction of sp³-hybridized carbons (Fsp3) is 0.103. The lowest BCUT2D eigenvalue weighted by Crippen LogP contribution is -2.24. The fourth-order valence-electron chi connectivity index (χ4n) is 3.42. The Kier molecular flexibility index (Phi) is 8.11. The van der Waals surface area contributed by atoms with Crippen LogP contribution in [-0.4, -0.2) is 25.0 Å². The molecule has 4 rings (SSSR count). The quantitative estimate of drug-likeness (QED) is 0.310. The van der Waals surface area contributed by atoms with Crippen LogP contribution in [0.4, 0.5) is 5.69 Å². The Hall–Kier alpha value is -4.58. The van der Waals surface area contributed by atoms with Crippen LogP contribution in [0.15, 0.2) is 109 Å². The van der Waals surface area contributed by atoms with Gasteiger partial charge in [-0.3, -0.25) is 9.59 Å². The molecule has 0 radical (unpaired) electrons. The molecule has 4 aromatic carbocycles. The SMILES string of the molecule is O=C(Nc1ccccc1C(=O)NCc1ccccc1)c1cccc(OCCOc2ccccc2)c1. The number of hydrogen-bond acceptors (Lipinski definition) is 4. The molecule has 0 aliphatic carbocycles. The first-order valence-electron chi connectivity index (χ1n) is 11.3. The Bertz CT molecular complexity index is 1260. The number of hydrogen-bond donors (Lipinski definition) is 2. The van der Waals surface area contributed by atoms with Crippen LogP contribution in [0.25, 0.3) is 0 Å². The van der Waals surface area contributed by atoms with E-state index in [0.29, 0.717) is 42.3 Å². The van der Waals surface area contributed by atoms with E-state index in [-0.39, 0.29) is 11.8 Å². The van der Waals surface area contributed by atoms with Gasteiger partial charge in [0.05, 0.1) is 11.3 Å². The highest BCUT2D eigenvalue weighted by atomic mass is 16.5. The summed E-state index contributed by atoms with van der Waals surface area (Å²) >= 11 is 0. The number of ether oxygens (including phenoxy) is 2. The zero-order valence-electron chi connectivity index (χ0n) is 19.1. The lowest BCUT2D eigenvalue weighted by atomic mass is 10.1. The van der Waals surface area contributed by atoms with Crippen LogP contribution in [0.5, 0.6) is 11.5 Å². The molecule has 0 spiro atoms. The highest BCUT2D eigenvalue weighted by Gasteiger charge is 2.14. The predicted molar refractivity (Wildman–Crippen MR) is 136 cm³/mol. The second-order valence-electron chi connectivity index (χ2n) is 7.71. The molecule has 2 N–H and O–H groups in total. The molecule has 0 heterocycles. The third-order valence-corrected chi connectivity index (χ3v) is 5.18. The maximum absolute atomic E-state index is 12.9. The second-order valence-corrected chi connectivity index (χ2v) is 7.71. The van der Waals surface area contributed by atoms with E-state index in [1.54, 1.807) is 48.5 Å². The molecule has 6 nitrogen and oxygen atoms in total. The summed E-state index contributed by atoms with van der Waals surface area (Å²) < 4.78 is 11.4. The van der Waals surface area contributed by atoms with Crippen molar-refractivity contribution in [1.82, 2.24) is 5.32 Å². The number of nitrogens with one attached hydrogen (secondary N) is 2. The van der Waals surface area contributed by atoms with Crippen LogP contribution in [-0.2, 0) is 6.54 Å². The van der Waals surface area contributed by atoms with Crippen molar-refractivity contribution in [3.63, 3.8) is 0 Å². The molecule has 0 unspecified atom stereocenters. The summed E-state index contributed by atoms with van der Waals surface area (Å²) in [5.74, 6) is 0.735. The molecule has 0 aromatic heterocycles. The summed E-state index contributed by atoms with van der Waals surface area (Å²) in [6, 6.07) is 33.0. The summed E-state index contributed by atoms with van der Waals surface area (Å²) in [6.07, 6.45) is 0. The third-order valence-electron chi connectivity index (χ3n) is 5.18. The maximum atomic E-state index is 12.9. The van der Waals surface area contributed by atoms with Crippen molar-refractivity contribution in [3.05, 3.63) is 126 Å². The number of amides is 2. The van der Waals surface area contributed by atoms with E-state index in [9.17, 15) is 9.59 Å². The van der Waals surface area contributed by atoms with Gasteiger partial charge >= 0.3 is 0 Å². The second kappa shape index (κ2) is 12.0. The zero-order chi connectivity index (χ0) is 24.3. The first-order chi connectivity index (χ1) is 17.2. The van der Waals surface area contributed by atoms with E-state index < -0.39 is 0 Å². The van der Waals surface area contributed by atoms with E-state index in [0.717, 1.165) is 11.3 Å². The molecule has 4 aromatic rings. The molecule has 176 valence electrons. The molecule has 0 saturated heterocycles. The summed E-state index contributed by atoms with van der Waals surface area (Å²) in [6.45, 7) is 1.12. The minimum atomic E-state index is -0.334. The van der Waals surface area contributed by atoms with Gasteiger partial charge < -0.3 is 20.1 Å². The largest absolute Gasteiger partial charge is 0.490 e. The Balaban J connectivity index is 1.34. The maximum Gasteiger partial charge on any atom is 0.255 e. The van der Waals surface area contributed by atoms with Crippen molar-refractivity contribution in [2.24, 2.45) is 0 Å². The molecule has 35 heavy (non-hydrogen) atoms. The Labute approximate surface area is 204 Å². The number of carbonyl (C=O) groups is 2. The minimum Gasteiger partial charge on any atom is -0.490 e. The first-order valence-corrected chi connectivity index (χ1v) is 11.3. The lowest BCUT2D eigenvalue weighted by Gasteiger charge is -2.12. The first kappa shape index (κ1) is 23.6. The fourth-order valence-corrected chi connectivity index (χ4v) is 3.42. The number of benzene rings is 4. The van der Waals surface area contributed by atoms with E-state index in [1.807, 2.05) is 60.7 Å². The van der Waals surface area contributed by atoms with Gasteiger partial charge in [-0.2, -0.15) is 0 Å². The van der Waals surface area contributed by atoms with Gasteiger partial charge in [0, 0.05) is 12.1 Å². The highest BCUT2D eigenvalue weighted by Crippen LogP contribution is 2.19. The number of anilines is 1. The van der Waals surface area contributed by atoms with Crippen molar-refractivity contribution in [2.45, 2.75) is 6.54 Å². The summed E-state index contributed by atoms with van der Waals surface area (Å²) in [5.41, 5.74) is 2.24. The van der Waals surface area contributed by atoms with Gasteiger partial charge in [0.15, 0.2) is 0 Å². The molecule has 0 aliphatic heterocycles. The summed E-state index contributed by atoms with van der Waals surface area (Å²) in [4.78, 5) is 25.7. The minimum absolute atomic E-state index is 0.264. The molecule has 0 bridgehead atoms. The van der Waals surface area contributed by atoms with Crippen LogP contribution in [0.1, 0.15) is 26.3 Å². The van der Waals surface area contributed by atoms with Gasteiger partial charge in [-0.15, -0.1) is 0 Å². The van der Waals surface area contributed by atoms with Crippen molar-refractivity contribution < 1.29 is 19.1 Å². The molecular formula is C29H26N2O4. The summed E-state index contributed by atoms with van der Waals surface area (Å²) in [7, 11) is 0. The third kappa shape index (κ3) is 6.95. The Morgan fingerprint density at radius 3 is 2.03 bits per heavy atom. The van der Waals surface area contributed by atoms with Crippen molar-refractivity contribution in [2.75, 3.05) is 18.5 Å². The average Bonchev–Trinajstić information content (AvgIpc) is 2.91. The van der Waals surface area contributed by atoms with Gasteiger partial charge in [-0.05, 0) is 48.0 Å². The van der Waals surface area contributed by atoms with Crippen LogP contribution in [0, 0.1) is 0 Å². The molecule has 0 saturated carbocycles. The predicted octanol–water partition coefficient (Wildman–Crippen LogP) is 5.33. The lowest BCUT2D eigenvalue weighted by molar-refractivity contribution is 0.0952. The molecule has 6 heteroatoms. The van der Waals surface area contributed by atoms with E-state index in [4.69, 9.17) is 9.47 Å². The van der Waals surface area contributed by atoms with Crippen LogP contribution >= 0.6 is 0 Å². The van der Waals surface area contributed by atoms with Gasteiger partial charge in [0.1, 0.15) is 24.7 Å². The van der Waals surface area contributed by atoms with Crippen LogP contribution < -0.4 is 20.1 Å². The number of rotatable bonds is 10. The standard InChI is InChI=1S/C29H26N2O4/c32-28(23-12-9-15-25(20-23)35-19-18-34-24-13-5-2-6-14-24)31-27-17-8-7-16-26(27)29(33)30-21-22-10-3-1-4-11-22/h1-17,20H,18-19,21H2,(H,30,33)(H,31,32). The molecule has 0 aliphatic rings. The monoisotopic (exact) mass is 466 g/mol. The summed E-state index contributed by atoms with van der Waals surface area (Å²) in [5, 5.41) is 5.74. The topological polar surface area (TPSA) is 76.7 Å². The smallest absolute Gasteiger partial charge is 0.255 e. The molecule has 0 atom stereocenters. The van der Waals surface area contributed by atoms with Crippen LogP contribution in [0.3, 0.4) is 0 Å². The van der Waals surface area contributed by atoms with Gasteiger partial charge in [-0.1, -0.05) is 66.7 Å². The molecule has 2 amide bonds. The van der Waals surface area contributed by atoms with Crippen molar-refractivity contribution in [1.29, 1.82) is 0 Å². The number of carbonyl (C=O) groups excluding carboxylic acids is 2. The number of para-hydroxylation sites is 2. The molecule has 0 fully saturated rings. The van der Waals surface area contributed by atoms with Crippen molar-refractivity contribution in [3.8, 4) is 11.5 Å². The zero-order valence-corrected chi connectivity index (χ0v) is 19.1. The average molecular weight is 467 g/mol. The van der Waals surface area contributed by atoms with Gasteiger partial charge in [0.2, 0.25) is 0 Å². The Morgan fingerprint density at radius 1 is 0.629 bits per heavy atom. The van der Waals surface area contributed by atoms with E-state index in [1.165, 1.54) is 0 Å². The van der Waals surface area contributed by atoms with E-state index in [2.05, 4.69) is 10.6 Å².